The molecule has 0 aromatic heterocycles. The highest BCUT2D eigenvalue weighted by Gasteiger charge is 2.57. The van der Waals surface area contributed by atoms with Gasteiger partial charge >= 0.3 is 33.1 Å². The molecule has 0 fully saturated rings. The van der Waals surface area contributed by atoms with Crippen molar-refractivity contribution < 1.29 is 71.7 Å². The lowest BCUT2D eigenvalue weighted by Crippen LogP contribution is -2.53. The molecule has 144 valence electrons. The van der Waals surface area contributed by atoms with Gasteiger partial charge in [0.25, 0.3) is 17.4 Å². The monoisotopic (exact) mass is 390 g/mol. The molecule has 9 N–H and O–H groups in total. The van der Waals surface area contributed by atoms with Crippen molar-refractivity contribution >= 4 is 33.1 Å². The molecule has 0 spiro atoms. The fraction of sp³-hybridized carbons (Fsp3) is 0.667. The summed E-state index contributed by atoms with van der Waals surface area (Å²) in [5, 5.41) is 79.7. The molecule has 0 aromatic rings. The molecule has 16 heteroatoms. The van der Waals surface area contributed by atoms with Crippen LogP contribution in [0.4, 0.5) is 0 Å². The van der Waals surface area contributed by atoms with Gasteiger partial charge in [0.1, 0.15) is 19.8 Å². The van der Waals surface area contributed by atoms with Gasteiger partial charge in [-0.15, -0.1) is 0 Å². The minimum absolute atomic E-state index is 1.62. The zero-order valence-corrected chi connectivity index (χ0v) is 13.3. The average Bonchev–Trinajstić information content (AvgIpc) is 2.54. The van der Waals surface area contributed by atoms with Gasteiger partial charge in [0.05, 0.1) is 0 Å². The van der Waals surface area contributed by atoms with E-state index in [0.29, 0.717) is 0 Å². The topological polar surface area (TPSA) is 261 Å². The highest BCUT2D eigenvalue weighted by molar-refractivity contribution is 6.44. The van der Waals surface area contributed by atoms with Crippen LogP contribution in [0.1, 0.15) is 0 Å². The summed E-state index contributed by atoms with van der Waals surface area (Å²) in [7, 11) is 0. The summed E-state index contributed by atoms with van der Waals surface area (Å²) in [6.45, 7) is -4.85. The first-order valence-electron chi connectivity index (χ1n) is 6.03. The van der Waals surface area contributed by atoms with Crippen LogP contribution in [-0.4, -0.2) is 116 Å². The predicted molar refractivity (Wildman–Crippen MR) is 66.8 cm³/mol. The molecule has 0 aliphatic rings. The molecule has 0 rings (SSSR count). The Morgan fingerprint density at radius 2 is 0.800 bits per heavy atom. The van der Waals surface area contributed by atoms with Crippen molar-refractivity contribution in [1.29, 1.82) is 0 Å². The van der Waals surface area contributed by atoms with Gasteiger partial charge in [-0.2, -0.15) is 0 Å². The molecule has 15 nitrogen and oxygen atoms in total. The maximum absolute atomic E-state index is 11.3. The first-order chi connectivity index (χ1) is 11.2. The Morgan fingerprint density at radius 1 is 0.600 bits per heavy atom. The quantitative estimate of drug-likeness (QED) is 0.131. The third-order valence-electron chi connectivity index (χ3n) is 2.25. The van der Waals surface area contributed by atoms with E-state index in [9.17, 15) is 14.4 Å². The van der Waals surface area contributed by atoms with Gasteiger partial charge in [0, 0.05) is 0 Å². The molecule has 25 heavy (non-hydrogen) atoms. The third kappa shape index (κ3) is 6.77. The van der Waals surface area contributed by atoms with Gasteiger partial charge in [-0.05, 0) is 0 Å². The molecular weight excluding hydrogens is 375 g/mol. The number of hydrogen-bond donors (Lipinski definition) is 9. The molecule has 0 saturated carbocycles. The summed E-state index contributed by atoms with van der Waals surface area (Å²) < 4.78 is 12.2. The van der Waals surface area contributed by atoms with Gasteiger partial charge in [0.2, 0.25) is 0 Å². The largest absolute Gasteiger partial charge is 1.20 e. The second-order valence-corrected chi connectivity index (χ2v) is 5.71. The molecule has 0 bridgehead atoms. The summed E-state index contributed by atoms with van der Waals surface area (Å²) >= 11 is -4.59. The van der Waals surface area contributed by atoms with E-state index in [2.05, 4.69) is 11.4 Å². The second-order valence-electron chi connectivity index (χ2n) is 4.43. The number of carbonyl (C=O) groups is 3. The van der Waals surface area contributed by atoms with Crippen LogP contribution in [0, 0.1) is 0 Å². The van der Waals surface area contributed by atoms with Gasteiger partial charge in [-0.1, -0.05) is 0 Å². The highest BCUT2D eigenvalue weighted by Crippen LogP contribution is 2.11. The van der Waals surface area contributed by atoms with E-state index in [4.69, 9.17) is 46.0 Å². The molecule has 0 unspecified atom stereocenters. The smallest absolute Gasteiger partial charge is 0.547 e. The van der Waals surface area contributed by atoms with Crippen molar-refractivity contribution in [2.24, 2.45) is 0 Å². The van der Waals surface area contributed by atoms with Crippen LogP contribution in [0.3, 0.4) is 0 Å². The van der Waals surface area contributed by atoms with Crippen LogP contribution >= 0.6 is 0 Å². The van der Waals surface area contributed by atoms with Crippen LogP contribution < -0.4 is 0 Å². The Balaban J connectivity index is 5.35. The third-order valence-corrected chi connectivity index (χ3v) is 3.47. The van der Waals surface area contributed by atoms with Crippen LogP contribution in [0.15, 0.2) is 0 Å². The molecular formula is C9H15AlO15. The van der Waals surface area contributed by atoms with Crippen molar-refractivity contribution in [1.82, 2.24) is 0 Å². The highest BCUT2D eigenvalue weighted by atomic mass is 27.3. The van der Waals surface area contributed by atoms with Crippen LogP contribution in [-0.2, 0) is 25.7 Å². The van der Waals surface area contributed by atoms with Crippen LogP contribution in [0.2, 0.25) is 0 Å². The molecule has 0 aliphatic heterocycles. The van der Waals surface area contributed by atoms with E-state index in [1.54, 1.807) is 0 Å². The summed E-state index contributed by atoms with van der Waals surface area (Å²) in [5.74, 6) is -17.0. The number of carbonyl (C=O) groups excluding carboxylic acids is 3. The number of rotatable bonds is 9. The van der Waals surface area contributed by atoms with E-state index in [1.165, 1.54) is 0 Å². The maximum atomic E-state index is 11.3. The maximum Gasteiger partial charge on any atom is 1.20 e. The first kappa shape index (κ1) is 23.6. The molecule has 0 aliphatic carbocycles. The van der Waals surface area contributed by atoms with E-state index in [1.807, 2.05) is 0 Å². The fourth-order valence-corrected chi connectivity index (χ4v) is 2.05. The zero-order valence-electron chi connectivity index (χ0n) is 12.2. The Hall–Kier alpha value is -1.42. The molecule has 0 amide bonds. The van der Waals surface area contributed by atoms with Crippen molar-refractivity contribution in [3.63, 3.8) is 0 Å². The Morgan fingerprint density at radius 3 is 0.960 bits per heavy atom. The van der Waals surface area contributed by atoms with Gasteiger partial charge in [-0.25, -0.2) is 14.4 Å². The lowest BCUT2D eigenvalue weighted by atomic mass is 10.3. The summed E-state index contributed by atoms with van der Waals surface area (Å²) in [4.78, 5) is 34.0. The average molecular weight is 390 g/mol. The van der Waals surface area contributed by atoms with Gasteiger partial charge in [-0.3, -0.25) is 0 Å². The van der Waals surface area contributed by atoms with Gasteiger partial charge in [0.15, 0.2) is 0 Å². The van der Waals surface area contributed by atoms with Gasteiger partial charge < -0.3 is 57.3 Å². The Kier molecular flexibility index (Phi) is 8.30. The number of aliphatic hydroxyl groups excluding tert-OH is 3. The lowest BCUT2D eigenvalue weighted by Gasteiger charge is -2.24. The normalized spacial score (nSPS) is 12.4. The minimum atomic E-state index is -4.59. The van der Waals surface area contributed by atoms with Crippen molar-refractivity contribution in [3.8, 4) is 0 Å². The summed E-state index contributed by atoms with van der Waals surface area (Å²) in [5.41, 5.74) is 0. The van der Waals surface area contributed by atoms with E-state index >= 15 is 0 Å². The van der Waals surface area contributed by atoms with E-state index in [0.717, 1.165) is 0 Å². The predicted octanol–water partition coefficient (Wildman–Crippen LogP) is -7.38. The summed E-state index contributed by atoms with van der Waals surface area (Å²) in [6, 6.07) is 0. The van der Waals surface area contributed by atoms with Crippen LogP contribution in [0.5, 0.6) is 0 Å². The Labute approximate surface area is 142 Å². The second kappa shape index (κ2) is 8.80. The van der Waals surface area contributed by atoms with Crippen molar-refractivity contribution in [2.75, 3.05) is 19.8 Å². The first-order valence-corrected chi connectivity index (χ1v) is 7.45. The van der Waals surface area contributed by atoms with Crippen molar-refractivity contribution in [3.05, 3.63) is 0 Å². The molecule has 0 saturated heterocycles. The molecule has 0 aromatic carbocycles. The molecule has 0 atom stereocenters. The standard InChI is InChI=1S/3C3H6O5.Al/c3*4-1-3(7,8)2(5)6;/h3*4,7-8H,1H2,(H,5,6);/q;;;+3/p-3. The van der Waals surface area contributed by atoms with E-state index < -0.39 is 70.2 Å². The number of aliphatic hydroxyl groups is 9. The fourth-order valence-electron chi connectivity index (χ4n) is 0.811. The van der Waals surface area contributed by atoms with Crippen molar-refractivity contribution in [2.45, 2.75) is 17.4 Å². The minimum Gasteiger partial charge on any atom is -0.547 e. The van der Waals surface area contributed by atoms with E-state index in [-0.39, 0.29) is 0 Å². The lowest BCUT2D eigenvalue weighted by molar-refractivity contribution is -0.226. The van der Waals surface area contributed by atoms with Crippen LogP contribution in [0.25, 0.3) is 0 Å². The zero-order chi connectivity index (χ0) is 20.1. The molecule has 0 radical (unpaired) electrons. The SMILES string of the molecule is O=C([O][Al]([O]C(=O)C(O)(O)CO)[O]C(=O)C(O)(O)CO)C(O)(O)CO. The summed E-state index contributed by atoms with van der Waals surface area (Å²) in [6.07, 6.45) is 0. The Bertz CT molecular complexity index is 428. The number of hydrogen-bond acceptors (Lipinski definition) is 15. The molecule has 0 heterocycles.